The van der Waals surface area contributed by atoms with E-state index in [0.717, 1.165) is 24.2 Å². The second kappa shape index (κ2) is 3.21. The zero-order valence-electron chi connectivity index (χ0n) is 10.6. The molecule has 2 fully saturated rings. The quantitative estimate of drug-likeness (QED) is 0.692. The number of carbonyl (C=O) groups is 1. The second-order valence-electron chi connectivity index (χ2n) is 6.62. The molecule has 4 atom stereocenters. The summed E-state index contributed by atoms with van der Waals surface area (Å²) >= 11 is 0. The van der Waals surface area contributed by atoms with Crippen molar-refractivity contribution in [1.82, 2.24) is 0 Å². The van der Waals surface area contributed by atoms with Gasteiger partial charge in [-0.15, -0.1) is 0 Å². The summed E-state index contributed by atoms with van der Waals surface area (Å²) in [5.41, 5.74) is 2.07. The number of ketones is 1. The third kappa shape index (κ3) is 1.26. The van der Waals surface area contributed by atoms with Gasteiger partial charge in [-0.25, -0.2) is 0 Å². The zero-order chi connectivity index (χ0) is 11.5. The fourth-order valence-electron chi connectivity index (χ4n) is 4.56. The van der Waals surface area contributed by atoms with Crippen molar-refractivity contribution in [3.8, 4) is 0 Å². The lowest BCUT2D eigenvalue weighted by Crippen LogP contribution is -2.26. The smallest absolute Gasteiger partial charge is 0.155 e. The summed E-state index contributed by atoms with van der Waals surface area (Å²) in [6.45, 7) is 7.07. The Kier molecular flexibility index (Phi) is 2.12. The first-order valence-electron chi connectivity index (χ1n) is 6.79. The van der Waals surface area contributed by atoms with Crippen LogP contribution < -0.4 is 0 Å². The minimum atomic E-state index is 0.392. The molecule has 0 aromatic heterocycles. The lowest BCUT2D eigenvalue weighted by atomic mass is 9.72. The molecule has 16 heavy (non-hydrogen) atoms. The van der Waals surface area contributed by atoms with Crippen LogP contribution in [0, 0.1) is 29.1 Å². The summed E-state index contributed by atoms with van der Waals surface area (Å²) < 4.78 is 0. The number of carbonyl (C=O) groups excluding carboxylic acids is 1. The average Bonchev–Trinajstić information content (AvgIpc) is 2.60. The first-order chi connectivity index (χ1) is 7.55. The van der Waals surface area contributed by atoms with Crippen molar-refractivity contribution in [3.05, 3.63) is 11.6 Å². The van der Waals surface area contributed by atoms with E-state index in [1.54, 1.807) is 0 Å². The van der Waals surface area contributed by atoms with Crippen LogP contribution in [0.1, 0.15) is 46.5 Å². The van der Waals surface area contributed by atoms with E-state index in [1.165, 1.54) is 24.8 Å². The summed E-state index contributed by atoms with van der Waals surface area (Å²) in [4.78, 5) is 11.7. The summed E-state index contributed by atoms with van der Waals surface area (Å²) in [5, 5.41) is 0. The molecular weight excluding hydrogens is 196 g/mol. The van der Waals surface area contributed by atoms with Gasteiger partial charge in [0.25, 0.3) is 0 Å². The van der Waals surface area contributed by atoms with Gasteiger partial charge in [-0.1, -0.05) is 32.8 Å². The normalized spacial score (nSPS) is 43.7. The molecule has 3 rings (SSSR count). The van der Waals surface area contributed by atoms with Crippen molar-refractivity contribution in [1.29, 1.82) is 0 Å². The molecule has 0 saturated heterocycles. The Balaban J connectivity index is 1.89. The fourth-order valence-corrected chi connectivity index (χ4v) is 4.56. The Morgan fingerprint density at radius 2 is 2.12 bits per heavy atom. The maximum atomic E-state index is 11.7. The fraction of sp³-hybridized carbons (Fsp3) is 0.800. The molecule has 3 aliphatic rings. The summed E-state index contributed by atoms with van der Waals surface area (Å²) in [5.74, 6) is 3.59. The Labute approximate surface area is 98.3 Å². The highest BCUT2D eigenvalue weighted by Gasteiger charge is 2.66. The van der Waals surface area contributed by atoms with Gasteiger partial charge >= 0.3 is 0 Å². The SMILES string of the molecule is CCC[C@H]1CC(=O)C=C2C[C@@H]3C([C@@H]21)C3(C)C. The van der Waals surface area contributed by atoms with Crippen LogP contribution in [0.3, 0.4) is 0 Å². The highest BCUT2D eigenvalue weighted by molar-refractivity contribution is 5.92. The van der Waals surface area contributed by atoms with Gasteiger partial charge in [-0.3, -0.25) is 4.79 Å². The maximum absolute atomic E-state index is 11.7. The van der Waals surface area contributed by atoms with E-state index in [2.05, 4.69) is 20.8 Å². The van der Waals surface area contributed by atoms with Gasteiger partial charge in [0.2, 0.25) is 0 Å². The zero-order valence-corrected chi connectivity index (χ0v) is 10.6. The highest BCUT2D eigenvalue weighted by Crippen LogP contribution is 2.72. The molecule has 3 aliphatic carbocycles. The van der Waals surface area contributed by atoms with Crippen molar-refractivity contribution < 1.29 is 4.79 Å². The Bertz CT molecular complexity index is 364. The van der Waals surface area contributed by atoms with Gasteiger partial charge in [0.15, 0.2) is 5.78 Å². The lowest BCUT2D eigenvalue weighted by molar-refractivity contribution is -0.116. The highest BCUT2D eigenvalue weighted by atomic mass is 16.1. The first kappa shape index (κ1) is 10.6. The summed E-state index contributed by atoms with van der Waals surface area (Å²) in [6, 6.07) is 0. The second-order valence-corrected chi connectivity index (χ2v) is 6.62. The summed E-state index contributed by atoms with van der Waals surface area (Å²) in [7, 11) is 0. The van der Waals surface area contributed by atoms with E-state index >= 15 is 0 Å². The molecule has 0 aliphatic heterocycles. The number of hydrogen-bond donors (Lipinski definition) is 0. The first-order valence-corrected chi connectivity index (χ1v) is 6.79. The van der Waals surface area contributed by atoms with E-state index in [-0.39, 0.29) is 0 Å². The van der Waals surface area contributed by atoms with Gasteiger partial charge in [0.05, 0.1) is 0 Å². The summed E-state index contributed by atoms with van der Waals surface area (Å²) in [6.07, 6.45) is 6.49. The van der Waals surface area contributed by atoms with Crippen molar-refractivity contribution in [2.75, 3.05) is 0 Å². The molecule has 0 heterocycles. The third-order valence-corrected chi connectivity index (χ3v) is 5.39. The van der Waals surface area contributed by atoms with Crippen molar-refractivity contribution in [3.63, 3.8) is 0 Å². The molecule has 0 aromatic rings. The lowest BCUT2D eigenvalue weighted by Gasteiger charge is -2.31. The molecule has 1 nitrogen and oxygen atoms in total. The van der Waals surface area contributed by atoms with Crippen molar-refractivity contribution in [2.45, 2.75) is 46.5 Å². The average molecular weight is 218 g/mol. The van der Waals surface area contributed by atoms with Crippen LogP contribution in [0.15, 0.2) is 11.6 Å². The largest absolute Gasteiger partial charge is 0.295 e. The predicted molar refractivity (Wildman–Crippen MR) is 65.0 cm³/mol. The maximum Gasteiger partial charge on any atom is 0.155 e. The molecule has 1 unspecified atom stereocenters. The standard InChI is InChI=1S/C15H22O/c1-4-5-9-6-11(16)7-10-8-12-14(13(9)10)15(12,2)3/h7,9,12-14H,4-6,8H2,1-3H3/t9-,12+,13+,14?/m0/s1. The molecule has 0 aromatic carbocycles. The molecule has 1 heteroatoms. The molecule has 88 valence electrons. The number of fused-ring (bicyclic) bond motifs is 3. The molecule has 0 radical (unpaired) electrons. The number of rotatable bonds is 2. The van der Waals surface area contributed by atoms with Crippen molar-refractivity contribution >= 4 is 5.78 Å². The van der Waals surface area contributed by atoms with Crippen LogP contribution >= 0.6 is 0 Å². The van der Waals surface area contributed by atoms with Gasteiger partial charge in [-0.05, 0) is 48.0 Å². The Morgan fingerprint density at radius 3 is 2.81 bits per heavy atom. The molecule has 0 N–H and O–H groups in total. The van der Waals surface area contributed by atoms with Crippen LogP contribution in [-0.4, -0.2) is 5.78 Å². The molecular formula is C15H22O. The Morgan fingerprint density at radius 1 is 1.38 bits per heavy atom. The predicted octanol–water partition coefficient (Wildman–Crippen LogP) is 3.59. The molecule has 0 amide bonds. The monoisotopic (exact) mass is 218 g/mol. The van der Waals surface area contributed by atoms with E-state index in [1.807, 2.05) is 6.08 Å². The van der Waals surface area contributed by atoms with Crippen LogP contribution in [0.25, 0.3) is 0 Å². The van der Waals surface area contributed by atoms with Gasteiger partial charge in [0, 0.05) is 6.42 Å². The van der Waals surface area contributed by atoms with Gasteiger partial charge in [-0.2, -0.15) is 0 Å². The van der Waals surface area contributed by atoms with E-state index in [9.17, 15) is 4.79 Å². The van der Waals surface area contributed by atoms with Gasteiger partial charge < -0.3 is 0 Å². The van der Waals surface area contributed by atoms with Gasteiger partial charge in [0.1, 0.15) is 0 Å². The molecule has 0 spiro atoms. The number of allylic oxidation sites excluding steroid dienone is 2. The number of hydrogen-bond acceptors (Lipinski definition) is 1. The van der Waals surface area contributed by atoms with Crippen LogP contribution in [0.5, 0.6) is 0 Å². The molecule has 0 bridgehead atoms. The minimum Gasteiger partial charge on any atom is -0.295 e. The van der Waals surface area contributed by atoms with Crippen LogP contribution in [-0.2, 0) is 4.79 Å². The molecule has 2 saturated carbocycles. The van der Waals surface area contributed by atoms with E-state index in [4.69, 9.17) is 0 Å². The van der Waals surface area contributed by atoms with E-state index < -0.39 is 0 Å². The Hall–Kier alpha value is -0.590. The van der Waals surface area contributed by atoms with Crippen LogP contribution in [0.2, 0.25) is 0 Å². The van der Waals surface area contributed by atoms with Crippen molar-refractivity contribution in [2.24, 2.45) is 29.1 Å². The third-order valence-electron chi connectivity index (χ3n) is 5.39. The van der Waals surface area contributed by atoms with E-state index in [0.29, 0.717) is 17.1 Å². The minimum absolute atomic E-state index is 0.392. The van der Waals surface area contributed by atoms with Crippen LogP contribution in [0.4, 0.5) is 0 Å². The topological polar surface area (TPSA) is 17.1 Å².